The van der Waals surface area contributed by atoms with Crippen LogP contribution in [0, 0.1) is 11.8 Å². The summed E-state index contributed by atoms with van der Waals surface area (Å²) in [5.41, 5.74) is 0.0960. The van der Waals surface area contributed by atoms with E-state index < -0.39 is 5.97 Å². The summed E-state index contributed by atoms with van der Waals surface area (Å²) in [5.74, 6) is -0.499. The van der Waals surface area contributed by atoms with Crippen LogP contribution in [0.25, 0.3) is 0 Å². The second kappa shape index (κ2) is 4.68. The van der Waals surface area contributed by atoms with Gasteiger partial charge in [0.25, 0.3) is 5.91 Å². The fraction of sp³-hybridized carbons (Fsp3) is 0.615. The number of carbonyl (C=O) groups is 2. The normalized spacial score (nSPS) is 18.3. The molecule has 1 heterocycles. The van der Waals surface area contributed by atoms with E-state index in [1.54, 1.807) is 4.90 Å². The SMILES string of the molecule is O=C(O)c1cc(C(=O)N(CC2CC2)CC2CC2)no1. The van der Waals surface area contributed by atoms with Gasteiger partial charge in [-0.15, -0.1) is 0 Å². The fourth-order valence-electron chi connectivity index (χ4n) is 2.10. The smallest absolute Gasteiger partial charge is 0.374 e. The van der Waals surface area contributed by atoms with Crippen molar-refractivity contribution < 1.29 is 19.2 Å². The summed E-state index contributed by atoms with van der Waals surface area (Å²) in [6.45, 7) is 1.51. The van der Waals surface area contributed by atoms with Crippen LogP contribution in [-0.2, 0) is 0 Å². The van der Waals surface area contributed by atoms with Crippen LogP contribution in [0.2, 0.25) is 0 Å². The van der Waals surface area contributed by atoms with Crippen molar-refractivity contribution in [1.82, 2.24) is 10.1 Å². The van der Waals surface area contributed by atoms with Crippen molar-refractivity contribution in [1.29, 1.82) is 0 Å². The van der Waals surface area contributed by atoms with E-state index in [0.29, 0.717) is 11.8 Å². The Morgan fingerprint density at radius 2 is 1.84 bits per heavy atom. The number of hydrogen-bond acceptors (Lipinski definition) is 4. The first-order chi connectivity index (χ1) is 9.13. The third-order valence-corrected chi connectivity index (χ3v) is 3.58. The van der Waals surface area contributed by atoms with E-state index in [9.17, 15) is 9.59 Å². The van der Waals surface area contributed by atoms with Crippen LogP contribution >= 0.6 is 0 Å². The van der Waals surface area contributed by atoms with E-state index >= 15 is 0 Å². The lowest BCUT2D eigenvalue weighted by atomic mass is 10.2. The standard InChI is InChI=1S/C13H16N2O4/c16-12(10-5-11(13(17)18)19-14-10)15(6-8-1-2-8)7-9-3-4-9/h5,8-9H,1-4,6-7H2,(H,17,18). The first-order valence-corrected chi connectivity index (χ1v) is 6.63. The molecule has 3 rings (SSSR count). The molecule has 1 amide bonds. The van der Waals surface area contributed by atoms with Gasteiger partial charge in [-0.1, -0.05) is 5.16 Å². The molecule has 0 aromatic carbocycles. The summed E-state index contributed by atoms with van der Waals surface area (Å²) in [6.07, 6.45) is 4.70. The van der Waals surface area contributed by atoms with Gasteiger partial charge in [0.2, 0.25) is 5.76 Å². The molecule has 2 aliphatic carbocycles. The maximum Gasteiger partial charge on any atom is 0.374 e. The molecule has 2 saturated carbocycles. The van der Waals surface area contributed by atoms with Gasteiger partial charge < -0.3 is 14.5 Å². The topological polar surface area (TPSA) is 83.6 Å². The number of hydrogen-bond donors (Lipinski definition) is 1. The number of amides is 1. The second-order valence-corrected chi connectivity index (χ2v) is 5.48. The maximum atomic E-state index is 12.3. The molecule has 2 aliphatic rings. The van der Waals surface area contributed by atoms with E-state index in [1.807, 2.05) is 0 Å². The largest absolute Gasteiger partial charge is 0.475 e. The Balaban J connectivity index is 1.71. The van der Waals surface area contributed by atoms with Gasteiger partial charge in [0.15, 0.2) is 5.69 Å². The van der Waals surface area contributed by atoms with Crippen molar-refractivity contribution in [3.63, 3.8) is 0 Å². The maximum absolute atomic E-state index is 12.3. The van der Waals surface area contributed by atoms with Gasteiger partial charge in [0.05, 0.1) is 0 Å². The van der Waals surface area contributed by atoms with Crippen molar-refractivity contribution in [3.8, 4) is 0 Å². The molecular weight excluding hydrogens is 248 g/mol. The van der Waals surface area contributed by atoms with Gasteiger partial charge in [0, 0.05) is 19.2 Å². The molecule has 6 nitrogen and oxygen atoms in total. The number of carbonyl (C=O) groups excluding carboxylic acids is 1. The minimum Gasteiger partial charge on any atom is -0.475 e. The van der Waals surface area contributed by atoms with Gasteiger partial charge in [-0.2, -0.15) is 0 Å². The summed E-state index contributed by atoms with van der Waals surface area (Å²) in [6, 6.07) is 1.21. The molecule has 0 unspecified atom stereocenters. The molecule has 1 aromatic rings. The molecule has 19 heavy (non-hydrogen) atoms. The Morgan fingerprint density at radius 3 is 2.26 bits per heavy atom. The molecule has 0 spiro atoms. The summed E-state index contributed by atoms with van der Waals surface area (Å²) in [5, 5.41) is 12.3. The summed E-state index contributed by atoms with van der Waals surface area (Å²) in [4.78, 5) is 24.8. The summed E-state index contributed by atoms with van der Waals surface area (Å²) >= 11 is 0. The minimum atomic E-state index is -1.21. The molecule has 102 valence electrons. The predicted octanol–water partition coefficient (Wildman–Crippen LogP) is 1.64. The quantitative estimate of drug-likeness (QED) is 0.844. The highest BCUT2D eigenvalue weighted by atomic mass is 16.5. The van der Waals surface area contributed by atoms with E-state index in [-0.39, 0.29) is 17.4 Å². The monoisotopic (exact) mass is 264 g/mol. The number of carboxylic acids is 1. The van der Waals surface area contributed by atoms with Gasteiger partial charge in [-0.05, 0) is 37.5 Å². The highest BCUT2D eigenvalue weighted by Gasteiger charge is 2.33. The summed E-state index contributed by atoms with van der Waals surface area (Å²) in [7, 11) is 0. The zero-order valence-electron chi connectivity index (χ0n) is 10.5. The molecule has 0 atom stereocenters. The van der Waals surface area contributed by atoms with Crippen molar-refractivity contribution >= 4 is 11.9 Å². The lowest BCUT2D eigenvalue weighted by Crippen LogP contribution is -2.34. The Kier molecular flexibility index (Phi) is 3.00. The van der Waals surface area contributed by atoms with Gasteiger partial charge >= 0.3 is 5.97 Å². The van der Waals surface area contributed by atoms with Gasteiger partial charge in [0.1, 0.15) is 0 Å². The van der Waals surface area contributed by atoms with Crippen molar-refractivity contribution in [3.05, 3.63) is 17.5 Å². The average molecular weight is 264 g/mol. The third kappa shape index (κ3) is 2.94. The van der Waals surface area contributed by atoms with E-state index in [4.69, 9.17) is 5.11 Å². The van der Waals surface area contributed by atoms with Crippen molar-refractivity contribution in [2.45, 2.75) is 25.7 Å². The van der Waals surface area contributed by atoms with Crippen molar-refractivity contribution in [2.75, 3.05) is 13.1 Å². The van der Waals surface area contributed by atoms with Crippen LogP contribution in [-0.4, -0.2) is 40.1 Å². The number of aromatic carboxylic acids is 1. The molecule has 2 fully saturated rings. The fourth-order valence-corrected chi connectivity index (χ4v) is 2.10. The zero-order valence-corrected chi connectivity index (χ0v) is 10.5. The van der Waals surface area contributed by atoms with E-state index in [0.717, 1.165) is 13.1 Å². The van der Waals surface area contributed by atoms with Crippen LogP contribution < -0.4 is 0 Å². The summed E-state index contributed by atoms with van der Waals surface area (Å²) < 4.78 is 4.64. The van der Waals surface area contributed by atoms with E-state index in [1.165, 1.54) is 31.7 Å². The van der Waals surface area contributed by atoms with Crippen LogP contribution in [0.3, 0.4) is 0 Å². The Labute approximate surface area is 110 Å². The molecule has 0 saturated heterocycles. The van der Waals surface area contributed by atoms with Crippen LogP contribution in [0.5, 0.6) is 0 Å². The lowest BCUT2D eigenvalue weighted by Gasteiger charge is -2.21. The van der Waals surface area contributed by atoms with Gasteiger partial charge in [-0.3, -0.25) is 4.79 Å². The molecule has 1 aromatic heterocycles. The van der Waals surface area contributed by atoms with Crippen LogP contribution in [0.15, 0.2) is 10.6 Å². The molecule has 0 aliphatic heterocycles. The highest BCUT2D eigenvalue weighted by molar-refractivity contribution is 5.94. The Morgan fingerprint density at radius 1 is 1.26 bits per heavy atom. The number of carboxylic acid groups (broad SMARTS) is 1. The average Bonchev–Trinajstić information content (AvgIpc) is 3.29. The van der Waals surface area contributed by atoms with Crippen LogP contribution in [0.1, 0.15) is 46.7 Å². The van der Waals surface area contributed by atoms with Crippen molar-refractivity contribution in [2.24, 2.45) is 11.8 Å². The first-order valence-electron chi connectivity index (χ1n) is 6.63. The first kappa shape index (κ1) is 12.2. The molecule has 0 bridgehead atoms. The highest BCUT2D eigenvalue weighted by Crippen LogP contribution is 2.34. The minimum absolute atomic E-state index is 0.0960. The third-order valence-electron chi connectivity index (χ3n) is 3.58. The predicted molar refractivity (Wildman–Crippen MR) is 64.8 cm³/mol. The second-order valence-electron chi connectivity index (χ2n) is 5.48. The number of nitrogens with zero attached hydrogens (tertiary/aromatic N) is 2. The van der Waals surface area contributed by atoms with E-state index in [2.05, 4.69) is 9.68 Å². The Hall–Kier alpha value is -1.85. The zero-order chi connectivity index (χ0) is 13.4. The molecule has 6 heteroatoms. The number of rotatable bonds is 6. The Bertz CT molecular complexity index is 488. The molecule has 1 N–H and O–H groups in total. The molecule has 0 radical (unpaired) electrons. The number of aromatic nitrogens is 1. The van der Waals surface area contributed by atoms with Gasteiger partial charge in [-0.25, -0.2) is 4.79 Å². The lowest BCUT2D eigenvalue weighted by molar-refractivity contribution is 0.0648. The molecular formula is C13H16N2O4. The van der Waals surface area contributed by atoms with Crippen LogP contribution in [0.4, 0.5) is 0 Å².